The normalized spacial score (nSPS) is 15.1. The quantitative estimate of drug-likeness (QED) is 0.109. The van der Waals surface area contributed by atoms with E-state index in [-0.39, 0.29) is 18.1 Å². The van der Waals surface area contributed by atoms with Crippen molar-refractivity contribution in [3.8, 4) is 0 Å². The number of amidine groups is 1. The Balaban J connectivity index is 1.62. The van der Waals surface area contributed by atoms with Crippen molar-refractivity contribution in [1.29, 1.82) is 5.41 Å². The third kappa shape index (κ3) is 4.90. The van der Waals surface area contributed by atoms with E-state index >= 15 is 0 Å². The summed E-state index contributed by atoms with van der Waals surface area (Å²) in [5.41, 5.74) is 0.719. The number of amides is 3. The molecular weight excluding hydrogens is 506 g/mol. The smallest absolute Gasteiger partial charge is 0.355 e. The Morgan fingerprint density at radius 3 is 2.32 bits per heavy atom. The van der Waals surface area contributed by atoms with Crippen LogP contribution in [0.25, 0.3) is 0 Å². The van der Waals surface area contributed by atoms with E-state index in [1.54, 1.807) is 54.0 Å². The lowest BCUT2D eigenvalue weighted by Gasteiger charge is -2.28. The summed E-state index contributed by atoms with van der Waals surface area (Å²) in [5.74, 6) is -2.43. The Labute approximate surface area is 214 Å². The van der Waals surface area contributed by atoms with Gasteiger partial charge in [-0.3, -0.25) is 20.9 Å². The molecule has 3 aromatic carbocycles. The number of hydroxylamine groups is 1. The van der Waals surface area contributed by atoms with E-state index in [0.29, 0.717) is 39.5 Å². The molecule has 0 aromatic heterocycles. The van der Waals surface area contributed by atoms with Crippen LogP contribution in [0.5, 0.6) is 0 Å². The van der Waals surface area contributed by atoms with E-state index in [9.17, 15) is 27.2 Å². The van der Waals surface area contributed by atoms with Gasteiger partial charge in [-0.15, -0.1) is 0 Å². The van der Waals surface area contributed by atoms with E-state index in [2.05, 4.69) is 5.32 Å². The zero-order valence-corrected chi connectivity index (χ0v) is 20.2. The minimum atomic E-state index is -5.00. The van der Waals surface area contributed by atoms with E-state index in [0.717, 1.165) is 6.07 Å². The third-order valence-corrected chi connectivity index (χ3v) is 6.25. The molecule has 3 aromatic rings. The largest absolute Gasteiger partial charge is 0.419 e. The number of halogens is 4. The average molecular weight is 529 g/mol. The van der Waals surface area contributed by atoms with Gasteiger partial charge in [-0.2, -0.15) is 13.2 Å². The number of carbonyl (C=O) groups is 2. The number of alkyl halides is 3. The summed E-state index contributed by atoms with van der Waals surface area (Å²) in [6.45, 7) is 2.92. The van der Waals surface area contributed by atoms with Gasteiger partial charge in [0.2, 0.25) is 0 Å². The first-order valence-electron chi connectivity index (χ1n) is 11.3. The highest BCUT2D eigenvalue weighted by molar-refractivity contribution is 6.23. The Kier molecular flexibility index (Phi) is 6.85. The van der Waals surface area contributed by atoms with Crippen molar-refractivity contribution in [2.75, 3.05) is 10.2 Å². The summed E-state index contributed by atoms with van der Waals surface area (Å²) < 4.78 is 53.6. The van der Waals surface area contributed by atoms with Crippen LogP contribution < -0.4 is 15.7 Å². The fraction of sp³-hybridized carbons (Fsp3) is 0.192. The summed E-state index contributed by atoms with van der Waals surface area (Å²) in [5, 5.41) is 19.7. The molecule has 12 heteroatoms. The van der Waals surface area contributed by atoms with Gasteiger partial charge >= 0.3 is 12.2 Å². The van der Waals surface area contributed by atoms with Crippen LogP contribution in [0, 0.1) is 11.2 Å². The standard InChI is InChI=1S/C26H23F4N5O3/c1-25(2)23(36)35(18-11-12-20(27)19(13-18)26(28,29)30)24(37)34(25)14-16-5-3-4-6-21(16)32-17-9-7-15(8-10-17)22(31)33-38/h3-13,32,38H,14H2,1-2H3,(H2,31,33). The highest BCUT2D eigenvalue weighted by Crippen LogP contribution is 2.38. The maximum Gasteiger partial charge on any atom is 0.419 e. The van der Waals surface area contributed by atoms with Crippen LogP contribution in [0.1, 0.15) is 30.5 Å². The molecule has 1 heterocycles. The molecule has 4 rings (SSSR count). The predicted molar refractivity (Wildman–Crippen MR) is 132 cm³/mol. The molecule has 0 unspecified atom stereocenters. The lowest BCUT2D eigenvalue weighted by molar-refractivity contribution is -0.140. The molecule has 38 heavy (non-hydrogen) atoms. The zero-order chi connectivity index (χ0) is 27.8. The van der Waals surface area contributed by atoms with Crippen LogP contribution >= 0.6 is 0 Å². The number of anilines is 3. The summed E-state index contributed by atoms with van der Waals surface area (Å²) in [6, 6.07) is 14.7. The minimum absolute atomic E-state index is 0.0538. The van der Waals surface area contributed by atoms with Gasteiger partial charge in [-0.25, -0.2) is 14.1 Å². The molecule has 0 saturated carbocycles. The van der Waals surface area contributed by atoms with E-state index < -0.39 is 35.0 Å². The molecule has 0 aliphatic carbocycles. The molecule has 3 amide bonds. The highest BCUT2D eigenvalue weighted by atomic mass is 19.4. The SMILES string of the molecule is CC1(C)C(=O)N(c2ccc(F)c(C(F)(F)F)c2)C(=O)N1Cc1ccccc1Nc1ccc(C(=N)NO)cc1. The zero-order valence-electron chi connectivity index (χ0n) is 20.2. The first-order valence-corrected chi connectivity index (χ1v) is 11.3. The van der Waals surface area contributed by atoms with Crippen molar-refractivity contribution >= 4 is 34.8 Å². The number of urea groups is 1. The summed E-state index contributed by atoms with van der Waals surface area (Å²) in [6.07, 6.45) is -5.00. The van der Waals surface area contributed by atoms with Gasteiger partial charge in [-0.1, -0.05) is 18.2 Å². The molecule has 1 aliphatic rings. The molecule has 0 bridgehead atoms. The topological polar surface area (TPSA) is 109 Å². The van der Waals surface area contributed by atoms with Crippen molar-refractivity contribution in [2.45, 2.75) is 32.1 Å². The molecular formula is C26H23F4N5O3. The molecule has 0 spiro atoms. The third-order valence-electron chi connectivity index (χ3n) is 6.25. The number of hydrogen-bond acceptors (Lipinski definition) is 5. The van der Waals surface area contributed by atoms with Crippen LogP contribution in [0.2, 0.25) is 0 Å². The molecule has 0 atom stereocenters. The number of nitrogens with zero attached hydrogens (tertiary/aromatic N) is 2. The maximum atomic E-state index is 13.8. The van der Waals surface area contributed by atoms with Crippen LogP contribution in [0.4, 0.5) is 39.4 Å². The Morgan fingerprint density at radius 2 is 1.68 bits per heavy atom. The maximum absolute atomic E-state index is 13.8. The summed E-state index contributed by atoms with van der Waals surface area (Å²) in [7, 11) is 0. The molecule has 1 aliphatic heterocycles. The van der Waals surface area contributed by atoms with Gasteiger partial charge in [0.1, 0.15) is 17.2 Å². The summed E-state index contributed by atoms with van der Waals surface area (Å²) >= 11 is 0. The van der Waals surface area contributed by atoms with Gasteiger partial charge in [0.15, 0.2) is 0 Å². The van der Waals surface area contributed by atoms with Crippen molar-refractivity contribution in [3.05, 3.63) is 89.2 Å². The van der Waals surface area contributed by atoms with Gasteiger partial charge < -0.3 is 10.2 Å². The lowest BCUT2D eigenvalue weighted by Crippen LogP contribution is -2.43. The number of carbonyl (C=O) groups excluding carboxylic acids is 2. The number of imide groups is 1. The van der Waals surface area contributed by atoms with Gasteiger partial charge in [0, 0.05) is 16.9 Å². The monoisotopic (exact) mass is 529 g/mol. The Morgan fingerprint density at radius 1 is 1.03 bits per heavy atom. The van der Waals surface area contributed by atoms with Crippen LogP contribution in [0.15, 0.2) is 66.7 Å². The lowest BCUT2D eigenvalue weighted by atomic mass is 10.0. The number of para-hydroxylation sites is 1. The van der Waals surface area contributed by atoms with Gasteiger partial charge in [0.25, 0.3) is 5.91 Å². The first-order chi connectivity index (χ1) is 17.8. The highest BCUT2D eigenvalue weighted by Gasteiger charge is 2.52. The molecule has 4 N–H and O–H groups in total. The fourth-order valence-corrected chi connectivity index (χ4v) is 4.09. The molecule has 8 nitrogen and oxygen atoms in total. The molecule has 1 saturated heterocycles. The van der Waals surface area contributed by atoms with Crippen molar-refractivity contribution in [2.24, 2.45) is 0 Å². The molecule has 0 radical (unpaired) electrons. The predicted octanol–water partition coefficient (Wildman–Crippen LogP) is 5.64. The minimum Gasteiger partial charge on any atom is -0.355 e. The Hall–Kier alpha value is -4.45. The van der Waals surface area contributed by atoms with Crippen LogP contribution in [-0.4, -0.2) is 33.4 Å². The van der Waals surface area contributed by atoms with Crippen molar-refractivity contribution in [1.82, 2.24) is 10.4 Å². The van der Waals surface area contributed by atoms with E-state index in [1.165, 1.54) is 18.7 Å². The molecule has 1 fully saturated rings. The number of hydrogen-bond donors (Lipinski definition) is 4. The number of rotatable bonds is 6. The van der Waals surface area contributed by atoms with Crippen molar-refractivity contribution < 1.29 is 32.4 Å². The Bertz CT molecular complexity index is 1410. The van der Waals surface area contributed by atoms with Gasteiger partial charge in [-0.05, 0) is 67.9 Å². The van der Waals surface area contributed by atoms with Crippen LogP contribution in [-0.2, 0) is 17.5 Å². The second kappa shape index (κ2) is 9.78. The van der Waals surface area contributed by atoms with E-state index in [1.807, 2.05) is 0 Å². The number of benzene rings is 3. The van der Waals surface area contributed by atoms with Crippen LogP contribution in [0.3, 0.4) is 0 Å². The van der Waals surface area contributed by atoms with Gasteiger partial charge in [0.05, 0.1) is 17.8 Å². The number of nitrogens with one attached hydrogen (secondary N) is 3. The second-order valence-electron chi connectivity index (χ2n) is 9.08. The fourth-order valence-electron chi connectivity index (χ4n) is 4.09. The van der Waals surface area contributed by atoms with Crippen molar-refractivity contribution in [3.63, 3.8) is 0 Å². The second-order valence-corrected chi connectivity index (χ2v) is 9.08. The average Bonchev–Trinajstić information content (AvgIpc) is 3.04. The summed E-state index contributed by atoms with van der Waals surface area (Å²) in [4.78, 5) is 28.4. The van der Waals surface area contributed by atoms with E-state index in [4.69, 9.17) is 10.6 Å². The molecule has 198 valence electrons. The first kappa shape index (κ1) is 26.6.